The Morgan fingerprint density at radius 1 is 0.633 bits per heavy atom. The third kappa shape index (κ3) is 6.95. The summed E-state index contributed by atoms with van der Waals surface area (Å²) in [5.41, 5.74) is 12.8. The minimum absolute atomic E-state index is 0.242. The molecule has 0 fully saturated rings. The molecular formula is C41H38N4O4. The van der Waals surface area contributed by atoms with Gasteiger partial charge in [-0.15, -0.1) is 0 Å². The summed E-state index contributed by atoms with van der Waals surface area (Å²) in [7, 11) is 1.39. The van der Waals surface area contributed by atoms with Crippen molar-refractivity contribution in [3.05, 3.63) is 152 Å². The molecule has 0 bridgehead atoms. The lowest BCUT2D eigenvalue weighted by Gasteiger charge is -2.15. The van der Waals surface area contributed by atoms with E-state index in [4.69, 9.17) is 17.9 Å². The Bertz CT molecular complexity index is 2320. The molecule has 6 rings (SSSR count). The van der Waals surface area contributed by atoms with Gasteiger partial charge < -0.3 is 19.0 Å². The number of nitrogens with zero attached hydrogens (tertiary/aromatic N) is 4. The van der Waals surface area contributed by atoms with E-state index in [1.54, 1.807) is 34.9 Å². The monoisotopic (exact) mass is 650 g/mol. The predicted octanol–water partition coefficient (Wildman–Crippen LogP) is 9.82. The van der Waals surface area contributed by atoms with E-state index in [1.807, 2.05) is 36.6 Å². The maximum atomic E-state index is 12.3. The number of esters is 1. The molecular weight excluding hydrogens is 612 g/mol. The number of carboxylic acid groups (broad SMARTS) is 1. The second-order valence-electron chi connectivity index (χ2n) is 12.5. The molecule has 49 heavy (non-hydrogen) atoms. The summed E-state index contributed by atoms with van der Waals surface area (Å²) in [5, 5.41) is 11.3. The fraction of sp³-hybridized carbons (Fsp3) is 0.220. The summed E-state index contributed by atoms with van der Waals surface area (Å²) < 4.78 is 8.69. The molecule has 0 aliphatic rings. The van der Waals surface area contributed by atoms with E-state index in [2.05, 4.69) is 61.7 Å². The van der Waals surface area contributed by atoms with E-state index in [1.165, 1.54) is 34.9 Å². The molecule has 0 unspecified atom stereocenters. The van der Waals surface area contributed by atoms with Crippen molar-refractivity contribution in [2.45, 2.75) is 54.6 Å². The van der Waals surface area contributed by atoms with Crippen LogP contribution in [0.4, 0.5) is 11.4 Å². The number of carbonyl (C=O) groups excluding carboxylic acids is 1. The Labute approximate surface area is 286 Å². The maximum absolute atomic E-state index is 12.3. The molecule has 0 amide bonds. The average Bonchev–Trinajstić information content (AvgIpc) is 3.61. The molecule has 2 aromatic heterocycles. The third-order valence-corrected chi connectivity index (χ3v) is 8.96. The van der Waals surface area contributed by atoms with Gasteiger partial charge in [0, 0.05) is 24.1 Å². The summed E-state index contributed by atoms with van der Waals surface area (Å²) in [6.45, 7) is 27.9. The molecule has 1 N–H and O–H groups in total. The highest BCUT2D eigenvalue weighted by Gasteiger charge is 2.19. The molecule has 0 atom stereocenters. The lowest BCUT2D eigenvalue weighted by Crippen LogP contribution is -2.12. The normalized spacial score (nSPS) is 10.7. The number of methoxy groups -OCH3 is 1. The molecule has 0 saturated carbocycles. The lowest BCUT2D eigenvalue weighted by atomic mass is 9.99. The summed E-state index contributed by atoms with van der Waals surface area (Å²) in [6, 6.07) is 22.8. The van der Waals surface area contributed by atoms with E-state index in [0.717, 1.165) is 38.5 Å². The average molecular weight is 651 g/mol. The van der Waals surface area contributed by atoms with Crippen molar-refractivity contribution in [3.63, 3.8) is 0 Å². The molecule has 8 nitrogen and oxygen atoms in total. The zero-order chi connectivity index (χ0) is 35.6. The highest BCUT2D eigenvalue weighted by molar-refractivity contribution is 5.97. The van der Waals surface area contributed by atoms with Crippen LogP contribution in [0.15, 0.2) is 72.8 Å². The number of benzene rings is 4. The predicted molar refractivity (Wildman–Crippen MR) is 194 cm³/mol. The topological polar surface area (TPSA) is 82.2 Å². The molecule has 246 valence electrons. The van der Waals surface area contributed by atoms with Gasteiger partial charge in [-0.25, -0.2) is 19.3 Å². The smallest absolute Gasteiger partial charge is 0.354 e. The first kappa shape index (κ1) is 34.2. The van der Waals surface area contributed by atoms with Crippen LogP contribution >= 0.6 is 0 Å². The quantitative estimate of drug-likeness (QED) is 0.144. The number of rotatable bonds is 6. The standard InChI is InChI=1S/C21H20N2O2.C20H18N2O2/c1-13-8-14(2)18(15(3)9-13)12-23-19-11-17(22-4)7-6-16(19)10-20(23)21(24)25-5;1-12-7-13(2)17(14(3)8-12)11-22-18-10-16(21-4)6-5-15(18)9-19(22)20(23)24/h6-11H,12H2,1-3,5H3;5-10H,11H2,1-3H3,(H,23,24). The summed E-state index contributed by atoms with van der Waals surface area (Å²) >= 11 is 0. The number of carbonyl (C=O) groups is 2. The van der Waals surface area contributed by atoms with Gasteiger partial charge in [0.25, 0.3) is 0 Å². The summed E-state index contributed by atoms with van der Waals surface area (Å²) in [6.07, 6.45) is 0. The van der Waals surface area contributed by atoms with Crippen molar-refractivity contribution in [1.82, 2.24) is 9.13 Å². The van der Waals surface area contributed by atoms with Gasteiger partial charge in [0.2, 0.25) is 0 Å². The minimum Gasteiger partial charge on any atom is -0.477 e. The van der Waals surface area contributed by atoms with E-state index in [9.17, 15) is 14.7 Å². The molecule has 2 heterocycles. The third-order valence-electron chi connectivity index (χ3n) is 8.96. The molecule has 0 saturated heterocycles. The van der Waals surface area contributed by atoms with Gasteiger partial charge in [-0.05, 0) is 110 Å². The van der Waals surface area contributed by atoms with Gasteiger partial charge in [-0.1, -0.05) is 59.7 Å². The van der Waals surface area contributed by atoms with Crippen LogP contribution in [0.1, 0.15) is 65.5 Å². The second kappa shape index (κ2) is 13.9. The molecule has 4 aromatic carbocycles. The molecule has 0 aliphatic heterocycles. The number of carboxylic acids is 1. The highest BCUT2D eigenvalue weighted by atomic mass is 16.5. The van der Waals surface area contributed by atoms with Crippen LogP contribution in [0, 0.1) is 54.7 Å². The summed E-state index contributed by atoms with van der Waals surface area (Å²) in [4.78, 5) is 30.9. The number of fused-ring (bicyclic) bond motifs is 2. The van der Waals surface area contributed by atoms with Crippen LogP contribution in [0.25, 0.3) is 31.5 Å². The SMILES string of the molecule is [C-]#[N+]c1ccc2cc(C(=O)O)n(Cc3c(C)cc(C)cc3C)c2c1.[C-]#[N+]c1ccc2cc(C(=O)OC)n(Cc3c(C)cc(C)cc3C)c2c1. The van der Waals surface area contributed by atoms with Crippen molar-refractivity contribution in [2.75, 3.05) is 7.11 Å². The van der Waals surface area contributed by atoms with Crippen molar-refractivity contribution >= 4 is 45.1 Å². The van der Waals surface area contributed by atoms with Crippen molar-refractivity contribution in [1.29, 1.82) is 0 Å². The van der Waals surface area contributed by atoms with Crippen molar-refractivity contribution < 1.29 is 19.4 Å². The Hall–Kier alpha value is -6.12. The van der Waals surface area contributed by atoms with Gasteiger partial charge in [0.05, 0.1) is 20.3 Å². The zero-order valence-corrected chi connectivity index (χ0v) is 28.8. The Balaban J connectivity index is 0.000000191. The van der Waals surface area contributed by atoms with E-state index in [0.29, 0.717) is 30.2 Å². The Morgan fingerprint density at radius 3 is 1.39 bits per heavy atom. The molecule has 6 aromatic rings. The lowest BCUT2D eigenvalue weighted by molar-refractivity contribution is 0.0588. The Morgan fingerprint density at radius 2 is 1.02 bits per heavy atom. The van der Waals surface area contributed by atoms with Crippen LogP contribution in [0.5, 0.6) is 0 Å². The van der Waals surface area contributed by atoms with Crippen LogP contribution in [0.3, 0.4) is 0 Å². The second-order valence-corrected chi connectivity index (χ2v) is 12.5. The Kier molecular flexibility index (Phi) is 9.73. The first-order chi connectivity index (χ1) is 23.3. The van der Waals surface area contributed by atoms with E-state index >= 15 is 0 Å². The molecule has 0 spiro atoms. The summed E-state index contributed by atoms with van der Waals surface area (Å²) in [5.74, 6) is -1.33. The van der Waals surface area contributed by atoms with E-state index < -0.39 is 5.97 Å². The number of hydrogen-bond acceptors (Lipinski definition) is 3. The number of hydrogen-bond donors (Lipinski definition) is 1. The zero-order valence-electron chi connectivity index (χ0n) is 28.8. The molecule has 0 radical (unpaired) electrons. The van der Waals surface area contributed by atoms with Gasteiger partial charge in [0.1, 0.15) is 11.4 Å². The van der Waals surface area contributed by atoms with Crippen LogP contribution in [0.2, 0.25) is 0 Å². The maximum Gasteiger partial charge on any atom is 0.354 e. The van der Waals surface area contributed by atoms with Gasteiger partial charge >= 0.3 is 11.9 Å². The fourth-order valence-electron chi connectivity index (χ4n) is 6.65. The van der Waals surface area contributed by atoms with Crippen molar-refractivity contribution in [3.8, 4) is 0 Å². The largest absolute Gasteiger partial charge is 0.477 e. The first-order valence-electron chi connectivity index (χ1n) is 15.8. The first-order valence-corrected chi connectivity index (χ1v) is 15.8. The number of aromatic nitrogens is 2. The van der Waals surface area contributed by atoms with Gasteiger partial charge in [0.15, 0.2) is 11.4 Å². The number of aryl methyl sites for hydroxylation is 6. The minimum atomic E-state index is -0.960. The van der Waals surface area contributed by atoms with Crippen LogP contribution < -0.4 is 0 Å². The van der Waals surface area contributed by atoms with Crippen LogP contribution in [-0.4, -0.2) is 33.3 Å². The molecule has 0 aliphatic carbocycles. The fourth-order valence-corrected chi connectivity index (χ4v) is 6.65. The van der Waals surface area contributed by atoms with Crippen molar-refractivity contribution in [2.24, 2.45) is 0 Å². The number of ether oxygens (including phenoxy) is 1. The highest BCUT2D eigenvalue weighted by Crippen LogP contribution is 2.30. The number of aromatic carboxylic acids is 1. The molecule has 8 heteroatoms. The van der Waals surface area contributed by atoms with Gasteiger partial charge in [-0.3, -0.25) is 0 Å². The van der Waals surface area contributed by atoms with Gasteiger partial charge in [-0.2, -0.15) is 0 Å². The van der Waals surface area contributed by atoms with E-state index in [-0.39, 0.29) is 11.7 Å². The van der Waals surface area contributed by atoms with Crippen LogP contribution in [-0.2, 0) is 17.8 Å².